The van der Waals surface area contributed by atoms with Gasteiger partial charge < -0.3 is 9.64 Å². The van der Waals surface area contributed by atoms with Crippen LogP contribution in [0.25, 0.3) is 33.1 Å². The van der Waals surface area contributed by atoms with Crippen molar-refractivity contribution in [1.29, 1.82) is 0 Å². The van der Waals surface area contributed by atoms with Crippen LogP contribution in [-0.2, 0) is 0 Å². The first-order valence-corrected chi connectivity index (χ1v) is 12.9. The Hall–Kier alpha value is -4.74. The average molecular weight is 496 g/mol. The van der Waals surface area contributed by atoms with E-state index in [1.165, 1.54) is 22.7 Å². The fourth-order valence-electron chi connectivity index (χ4n) is 4.64. The number of benzene rings is 5. The molecular weight excluding hydrogens is 474 g/mol. The van der Waals surface area contributed by atoms with Crippen molar-refractivity contribution in [1.82, 2.24) is 9.36 Å². The molecule has 2 heterocycles. The number of hydrogen-bond acceptors (Lipinski definition) is 5. The normalized spacial score (nSPS) is 11.9. The van der Waals surface area contributed by atoms with Crippen LogP contribution in [0.2, 0.25) is 0 Å². The predicted molar refractivity (Wildman–Crippen MR) is 151 cm³/mol. The molecule has 5 aromatic carbocycles. The quantitative estimate of drug-likeness (QED) is 0.244. The van der Waals surface area contributed by atoms with E-state index in [1.807, 2.05) is 42.5 Å². The summed E-state index contributed by atoms with van der Waals surface area (Å²) in [6, 6.07) is 43.5. The van der Waals surface area contributed by atoms with Gasteiger partial charge in [-0.25, -0.2) is 4.98 Å². The highest BCUT2D eigenvalue weighted by molar-refractivity contribution is 7.09. The third kappa shape index (κ3) is 3.96. The molecule has 176 valence electrons. The molecule has 0 bridgehead atoms. The lowest BCUT2D eigenvalue weighted by Gasteiger charge is -2.32. The Morgan fingerprint density at radius 3 is 1.73 bits per heavy atom. The number of ether oxygens (including phenoxy) is 1. The van der Waals surface area contributed by atoms with Gasteiger partial charge in [0.25, 0.3) is 0 Å². The van der Waals surface area contributed by atoms with Gasteiger partial charge in [-0.2, -0.15) is 4.37 Å². The Bertz CT molecular complexity index is 1650. The van der Waals surface area contributed by atoms with Crippen molar-refractivity contribution in [3.8, 4) is 44.6 Å². The second kappa shape index (κ2) is 9.04. The minimum Gasteiger partial charge on any atom is -0.453 e. The minimum atomic E-state index is 0.737. The van der Waals surface area contributed by atoms with Crippen LogP contribution in [0.1, 0.15) is 0 Å². The lowest BCUT2D eigenvalue weighted by molar-refractivity contribution is 0.477. The second-order valence-corrected chi connectivity index (χ2v) is 9.54. The highest BCUT2D eigenvalue weighted by Crippen LogP contribution is 2.50. The lowest BCUT2D eigenvalue weighted by Crippen LogP contribution is -2.15. The van der Waals surface area contributed by atoms with Crippen molar-refractivity contribution < 1.29 is 4.74 Å². The number of fused-ring (bicyclic) bond motifs is 2. The molecule has 0 saturated heterocycles. The molecular formula is C32H21N3OS. The van der Waals surface area contributed by atoms with E-state index in [4.69, 9.17) is 9.72 Å². The molecule has 0 N–H and O–H groups in total. The molecule has 0 aliphatic carbocycles. The molecule has 37 heavy (non-hydrogen) atoms. The summed E-state index contributed by atoms with van der Waals surface area (Å²) < 4.78 is 10.8. The summed E-state index contributed by atoms with van der Waals surface area (Å²) in [4.78, 5) is 7.07. The molecule has 1 aromatic heterocycles. The van der Waals surface area contributed by atoms with Crippen LogP contribution in [0.3, 0.4) is 0 Å². The first-order chi connectivity index (χ1) is 18.3. The van der Waals surface area contributed by atoms with E-state index in [-0.39, 0.29) is 0 Å². The maximum absolute atomic E-state index is 6.14. The van der Waals surface area contributed by atoms with Crippen LogP contribution >= 0.6 is 11.5 Å². The lowest BCUT2D eigenvalue weighted by atomic mass is 10.0. The number of nitrogens with zero attached hydrogens (tertiary/aromatic N) is 3. The van der Waals surface area contributed by atoms with Crippen molar-refractivity contribution in [2.75, 3.05) is 4.90 Å². The molecule has 0 spiro atoms. The van der Waals surface area contributed by atoms with Gasteiger partial charge in [-0.3, -0.25) is 0 Å². The summed E-state index contributed by atoms with van der Waals surface area (Å²) in [6.07, 6.45) is 0. The number of para-hydroxylation sites is 4. The molecule has 5 heteroatoms. The largest absolute Gasteiger partial charge is 0.453 e. The molecule has 0 saturated carbocycles. The summed E-state index contributed by atoms with van der Waals surface area (Å²) in [7, 11) is 0. The van der Waals surface area contributed by atoms with Crippen molar-refractivity contribution in [2.45, 2.75) is 0 Å². The van der Waals surface area contributed by atoms with Gasteiger partial charge in [0.2, 0.25) is 0 Å². The number of anilines is 3. The monoisotopic (exact) mass is 495 g/mol. The minimum absolute atomic E-state index is 0.737. The Morgan fingerprint density at radius 1 is 0.514 bits per heavy atom. The van der Waals surface area contributed by atoms with Gasteiger partial charge in [0, 0.05) is 16.8 Å². The summed E-state index contributed by atoms with van der Waals surface area (Å²) >= 11 is 1.42. The van der Waals surface area contributed by atoms with E-state index < -0.39 is 0 Å². The van der Waals surface area contributed by atoms with E-state index in [0.29, 0.717) is 0 Å². The van der Waals surface area contributed by atoms with E-state index in [2.05, 4.69) is 94.2 Å². The molecule has 7 rings (SSSR count). The Balaban J connectivity index is 1.17. The zero-order chi connectivity index (χ0) is 24.6. The average Bonchev–Trinajstić information content (AvgIpc) is 3.47. The first-order valence-electron chi connectivity index (χ1n) is 12.1. The summed E-state index contributed by atoms with van der Waals surface area (Å²) in [5, 5.41) is 0.912. The van der Waals surface area contributed by atoms with Gasteiger partial charge in [0.1, 0.15) is 5.01 Å². The SMILES string of the molecule is c1ccc(-c2ccc(-c3nc(-c4ccc(N5c6ccccc6Oc6ccccc65)cc4)ns3)cc2)cc1. The third-order valence-electron chi connectivity index (χ3n) is 6.48. The van der Waals surface area contributed by atoms with Crippen LogP contribution in [0, 0.1) is 0 Å². The molecule has 0 atom stereocenters. The number of hydrogen-bond donors (Lipinski definition) is 0. The third-order valence-corrected chi connectivity index (χ3v) is 7.25. The molecule has 6 aromatic rings. The van der Waals surface area contributed by atoms with Crippen LogP contribution in [-0.4, -0.2) is 9.36 Å². The molecule has 0 fully saturated rings. The van der Waals surface area contributed by atoms with Crippen LogP contribution < -0.4 is 9.64 Å². The standard InChI is InChI=1S/C32H21N3OS/c1-2-8-22(9-3-1)23-14-16-25(17-15-23)32-33-31(34-37-32)24-18-20-26(21-19-24)35-27-10-4-6-12-29(27)36-30-13-7-5-11-28(30)35/h1-21H. The van der Waals surface area contributed by atoms with Gasteiger partial charge in [-0.1, -0.05) is 78.9 Å². The van der Waals surface area contributed by atoms with E-state index in [0.717, 1.165) is 50.5 Å². The molecule has 0 unspecified atom stereocenters. The van der Waals surface area contributed by atoms with Crippen molar-refractivity contribution >= 4 is 28.6 Å². The van der Waals surface area contributed by atoms with Crippen LogP contribution in [0.5, 0.6) is 11.5 Å². The van der Waals surface area contributed by atoms with Gasteiger partial charge in [0.05, 0.1) is 11.4 Å². The second-order valence-electron chi connectivity index (χ2n) is 8.79. The van der Waals surface area contributed by atoms with Crippen molar-refractivity contribution in [3.63, 3.8) is 0 Å². The van der Waals surface area contributed by atoms with E-state index in [9.17, 15) is 0 Å². The maximum Gasteiger partial charge on any atom is 0.173 e. The van der Waals surface area contributed by atoms with Crippen LogP contribution in [0.15, 0.2) is 127 Å². The Kier molecular flexibility index (Phi) is 5.26. The van der Waals surface area contributed by atoms with Gasteiger partial charge in [-0.05, 0) is 71.2 Å². The van der Waals surface area contributed by atoms with Crippen molar-refractivity contribution in [2.24, 2.45) is 0 Å². The Morgan fingerprint density at radius 2 is 1.05 bits per heavy atom. The van der Waals surface area contributed by atoms with E-state index in [1.54, 1.807) is 0 Å². The van der Waals surface area contributed by atoms with Gasteiger partial charge in [-0.15, -0.1) is 0 Å². The Labute approximate surface area is 219 Å². The fourth-order valence-corrected chi connectivity index (χ4v) is 5.32. The highest BCUT2D eigenvalue weighted by atomic mass is 32.1. The van der Waals surface area contributed by atoms with Gasteiger partial charge in [0.15, 0.2) is 17.3 Å². The molecule has 1 aliphatic heterocycles. The number of aromatic nitrogens is 2. The van der Waals surface area contributed by atoms with Gasteiger partial charge >= 0.3 is 0 Å². The van der Waals surface area contributed by atoms with Crippen molar-refractivity contribution in [3.05, 3.63) is 127 Å². The predicted octanol–water partition coefficient (Wildman–Crippen LogP) is 9.11. The molecule has 1 aliphatic rings. The smallest absolute Gasteiger partial charge is 0.173 e. The summed E-state index contributed by atoms with van der Waals surface area (Å²) in [5.74, 6) is 2.42. The zero-order valence-corrected chi connectivity index (χ0v) is 20.6. The topological polar surface area (TPSA) is 38.2 Å². The van der Waals surface area contributed by atoms with E-state index >= 15 is 0 Å². The fraction of sp³-hybridized carbons (Fsp3) is 0. The molecule has 0 radical (unpaired) electrons. The maximum atomic E-state index is 6.14. The summed E-state index contributed by atoms with van der Waals surface area (Å²) in [6.45, 7) is 0. The highest BCUT2D eigenvalue weighted by Gasteiger charge is 2.25. The first kappa shape index (κ1) is 21.5. The molecule has 4 nitrogen and oxygen atoms in total. The molecule has 0 amide bonds. The summed E-state index contributed by atoms with van der Waals surface area (Å²) in [5.41, 5.74) is 7.54. The number of rotatable bonds is 4. The van der Waals surface area contributed by atoms with Crippen LogP contribution in [0.4, 0.5) is 17.1 Å². The zero-order valence-electron chi connectivity index (χ0n) is 19.8.